The number of ether oxygens (including phenoxy) is 1. The van der Waals surface area contributed by atoms with Crippen LogP contribution in [0.4, 0.5) is 8.78 Å². The van der Waals surface area contributed by atoms with Gasteiger partial charge in [0.05, 0.1) is 6.61 Å². The Hall–Kier alpha value is -2.47. The van der Waals surface area contributed by atoms with Gasteiger partial charge in [-0.25, -0.2) is 8.78 Å². The maximum atomic E-state index is 13.3. The summed E-state index contributed by atoms with van der Waals surface area (Å²) in [5.74, 6) is -1.59. The van der Waals surface area contributed by atoms with Crippen molar-refractivity contribution >= 4 is 5.91 Å². The van der Waals surface area contributed by atoms with Gasteiger partial charge in [-0.1, -0.05) is 30.3 Å². The van der Waals surface area contributed by atoms with Crippen LogP contribution in [0.2, 0.25) is 0 Å². The van der Waals surface area contributed by atoms with Crippen LogP contribution in [0.15, 0.2) is 48.5 Å². The lowest BCUT2D eigenvalue weighted by molar-refractivity contribution is -0.121. The summed E-state index contributed by atoms with van der Waals surface area (Å²) in [7, 11) is 0. The molecular formula is C18H20F2N2O2. The Labute approximate surface area is 139 Å². The summed E-state index contributed by atoms with van der Waals surface area (Å²) >= 11 is 0. The molecule has 0 fully saturated rings. The Morgan fingerprint density at radius 3 is 2.62 bits per heavy atom. The molecule has 0 saturated heterocycles. The molecule has 2 aromatic carbocycles. The van der Waals surface area contributed by atoms with Crippen LogP contribution >= 0.6 is 0 Å². The largest absolute Gasteiger partial charge is 0.491 e. The van der Waals surface area contributed by atoms with Crippen molar-refractivity contribution in [2.45, 2.75) is 18.9 Å². The molecule has 2 rings (SSSR count). The first-order valence-corrected chi connectivity index (χ1v) is 7.71. The van der Waals surface area contributed by atoms with Crippen LogP contribution in [0.25, 0.3) is 0 Å². The first-order valence-electron chi connectivity index (χ1n) is 7.71. The van der Waals surface area contributed by atoms with E-state index in [0.717, 1.165) is 17.7 Å². The highest BCUT2D eigenvalue weighted by Gasteiger charge is 2.08. The third-order valence-electron chi connectivity index (χ3n) is 3.45. The zero-order chi connectivity index (χ0) is 17.4. The van der Waals surface area contributed by atoms with E-state index in [-0.39, 0.29) is 30.7 Å². The van der Waals surface area contributed by atoms with Crippen molar-refractivity contribution in [2.24, 2.45) is 5.73 Å². The van der Waals surface area contributed by atoms with Gasteiger partial charge in [0.15, 0.2) is 11.6 Å². The SMILES string of the molecule is NC(CNC(=O)CCCOc1ccc(F)cc1F)c1ccccc1. The van der Waals surface area contributed by atoms with E-state index in [4.69, 9.17) is 10.5 Å². The smallest absolute Gasteiger partial charge is 0.220 e. The molecule has 0 radical (unpaired) electrons. The van der Waals surface area contributed by atoms with E-state index in [9.17, 15) is 13.6 Å². The zero-order valence-corrected chi connectivity index (χ0v) is 13.2. The molecule has 0 aliphatic heterocycles. The van der Waals surface area contributed by atoms with Gasteiger partial charge in [-0.3, -0.25) is 4.79 Å². The first-order chi connectivity index (χ1) is 11.6. The first kappa shape index (κ1) is 17.9. The number of carbonyl (C=O) groups is 1. The minimum absolute atomic E-state index is 0.0251. The molecule has 0 heterocycles. The van der Waals surface area contributed by atoms with Gasteiger partial charge < -0.3 is 15.8 Å². The van der Waals surface area contributed by atoms with Crippen LogP contribution in [0.1, 0.15) is 24.4 Å². The zero-order valence-electron chi connectivity index (χ0n) is 13.2. The minimum Gasteiger partial charge on any atom is -0.491 e. The van der Waals surface area contributed by atoms with Gasteiger partial charge in [0.25, 0.3) is 0 Å². The number of amides is 1. The average molecular weight is 334 g/mol. The molecule has 0 aromatic heterocycles. The normalized spacial score (nSPS) is 11.8. The number of carbonyl (C=O) groups excluding carboxylic acids is 1. The van der Waals surface area contributed by atoms with Gasteiger partial charge in [0, 0.05) is 25.1 Å². The van der Waals surface area contributed by atoms with E-state index >= 15 is 0 Å². The van der Waals surface area contributed by atoms with Gasteiger partial charge in [-0.15, -0.1) is 0 Å². The topological polar surface area (TPSA) is 64.3 Å². The molecule has 2 aromatic rings. The quantitative estimate of drug-likeness (QED) is 0.730. The number of rotatable bonds is 8. The second-order valence-electron chi connectivity index (χ2n) is 5.35. The molecule has 0 spiro atoms. The number of benzene rings is 2. The number of nitrogens with one attached hydrogen (secondary N) is 1. The van der Waals surface area contributed by atoms with Crippen molar-refractivity contribution < 1.29 is 18.3 Å². The number of hydrogen-bond acceptors (Lipinski definition) is 3. The maximum Gasteiger partial charge on any atom is 0.220 e. The van der Waals surface area contributed by atoms with E-state index in [0.29, 0.717) is 13.0 Å². The average Bonchev–Trinajstić information content (AvgIpc) is 2.59. The third kappa shape index (κ3) is 5.62. The maximum absolute atomic E-state index is 13.3. The second-order valence-corrected chi connectivity index (χ2v) is 5.35. The van der Waals surface area contributed by atoms with Gasteiger partial charge in [-0.2, -0.15) is 0 Å². The van der Waals surface area contributed by atoms with E-state index < -0.39 is 11.6 Å². The van der Waals surface area contributed by atoms with Gasteiger partial charge in [0.1, 0.15) is 5.82 Å². The molecule has 4 nitrogen and oxygen atoms in total. The lowest BCUT2D eigenvalue weighted by Crippen LogP contribution is -2.31. The van der Waals surface area contributed by atoms with E-state index in [2.05, 4.69) is 5.32 Å². The Kier molecular flexibility index (Phi) is 6.69. The summed E-state index contributed by atoms with van der Waals surface area (Å²) in [6.45, 7) is 0.511. The highest BCUT2D eigenvalue weighted by Crippen LogP contribution is 2.17. The fourth-order valence-electron chi connectivity index (χ4n) is 2.14. The third-order valence-corrected chi connectivity index (χ3v) is 3.45. The van der Waals surface area contributed by atoms with E-state index in [1.807, 2.05) is 30.3 Å². The van der Waals surface area contributed by atoms with Crippen LogP contribution < -0.4 is 15.8 Å². The molecule has 0 saturated carbocycles. The van der Waals surface area contributed by atoms with Crippen molar-refractivity contribution in [3.63, 3.8) is 0 Å². The summed E-state index contributed by atoms with van der Waals surface area (Å²) in [5.41, 5.74) is 6.94. The minimum atomic E-state index is -0.756. The predicted octanol–water partition coefficient (Wildman–Crippen LogP) is 2.94. The van der Waals surface area contributed by atoms with Crippen molar-refractivity contribution in [1.29, 1.82) is 0 Å². The monoisotopic (exact) mass is 334 g/mol. The molecule has 0 aliphatic carbocycles. The molecule has 1 unspecified atom stereocenters. The highest BCUT2D eigenvalue weighted by atomic mass is 19.1. The van der Waals surface area contributed by atoms with E-state index in [1.165, 1.54) is 6.07 Å². The Morgan fingerprint density at radius 1 is 1.17 bits per heavy atom. The predicted molar refractivity (Wildman–Crippen MR) is 87.5 cm³/mol. The molecular weight excluding hydrogens is 314 g/mol. The van der Waals surface area contributed by atoms with Crippen LogP contribution in [-0.4, -0.2) is 19.1 Å². The summed E-state index contributed by atoms with van der Waals surface area (Å²) in [6.07, 6.45) is 0.660. The fourth-order valence-corrected chi connectivity index (χ4v) is 2.14. The summed E-state index contributed by atoms with van der Waals surface area (Å²) in [5, 5.41) is 2.76. The Morgan fingerprint density at radius 2 is 1.92 bits per heavy atom. The molecule has 3 N–H and O–H groups in total. The molecule has 0 aliphatic rings. The van der Waals surface area contributed by atoms with Gasteiger partial charge in [-0.05, 0) is 24.1 Å². The Bertz CT molecular complexity index is 665. The Balaban J connectivity index is 1.64. The molecule has 6 heteroatoms. The van der Waals surface area contributed by atoms with Crippen molar-refractivity contribution in [3.05, 3.63) is 65.7 Å². The highest BCUT2D eigenvalue weighted by molar-refractivity contribution is 5.75. The lowest BCUT2D eigenvalue weighted by atomic mass is 10.1. The molecule has 1 atom stereocenters. The van der Waals surface area contributed by atoms with Gasteiger partial charge >= 0.3 is 0 Å². The molecule has 0 bridgehead atoms. The van der Waals surface area contributed by atoms with Crippen molar-refractivity contribution in [1.82, 2.24) is 5.32 Å². The number of halogens is 2. The van der Waals surface area contributed by atoms with E-state index in [1.54, 1.807) is 0 Å². The standard InChI is InChI=1S/C18H20F2N2O2/c19-14-8-9-17(15(20)11-14)24-10-4-7-18(23)22-12-16(21)13-5-2-1-3-6-13/h1-3,5-6,8-9,11,16H,4,7,10,12,21H2,(H,22,23). The van der Waals surface area contributed by atoms with Crippen molar-refractivity contribution in [3.8, 4) is 5.75 Å². The number of hydrogen-bond donors (Lipinski definition) is 2. The summed E-state index contributed by atoms with van der Waals surface area (Å²) < 4.78 is 31.3. The second kappa shape index (κ2) is 8.98. The van der Waals surface area contributed by atoms with Crippen LogP contribution in [0.3, 0.4) is 0 Å². The fraction of sp³-hybridized carbons (Fsp3) is 0.278. The molecule has 128 valence electrons. The van der Waals surface area contributed by atoms with Crippen LogP contribution in [0.5, 0.6) is 5.75 Å². The van der Waals surface area contributed by atoms with Crippen LogP contribution in [0, 0.1) is 11.6 Å². The molecule has 24 heavy (non-hydrogen) atoms. The summed E-state index contributed by atoms with van der Waals surface area (Å²) in [6, 6.07) is 12.3. The summed E-state index contributed by atoms with van der Waals surface area (Å²) in [4.78, 5) is 11.8. The van der Waals surface area contributed by atoms with Crippen molar-refractivity contribution in [2.75, 3.05) is 13.2 Å². The van der Waals surface area contributed by atoms with Crippen LogP contribution in [-0.2, 0) is 4.79 Å². The van der Waals surface area contributed by atoms with Gasteiger partial charge in [0.2, 0.25) is 5.91 Å². The lowest BCUT2D eigenvalue weighted by Gasteiger charge is -2.13. The molecule has 1 amide bonds. The number of nitrogens with two attached hydrogens (primary N) is 1.